The Kier molecular flexibility index (Phi) is 3.73. The lowest BCUT2D eigenvalue weighted by Gasteiger charge is -2.44. The van der Waals surface area contributed by atoms with Crippen LogP contribution in [0.1, 0.15) is 32.6 Å². The van der Waals surface area contributed by atoms with Gasteiger partial charge in [0.15, 0.2) is 0 Å². The van der Waals surface area contributed by atoms with Gasteiger partial charge in [-0.05, 0) is 52.7 Å². The van der Waals surface area contributed by atoms with E-state index in [9.17, 15) is 9.90 Å². The van der Waals surface area contributed by atoms with Crippen LogP contribution >= 0.6 is 0 Å². The van der Waals surface area contributed by atoms with Gasteiger partial charge in [0.2, 0.25) is 0 Å². The predicted octanol–water partition coefficient (Wildman–Crippen LogP) is 1.27. The molecule has 0 amide bonds. The molecule has 17 heavy (non-hydrogen) atoms. The average molecular weight is 240 g/mol. The number of carboxylic acids is 1. The molecule has 2 unspecified atom stereocenters. The van der Waals surface area contributed by atoms with Gasteiger partial charge in [0.25, 0.3) is 0 Å². The van der Waals surface area contributed by atoms with E-state index in [1.807, 2.05) is 6.92 Å². The van der Waals surface area contributed by atoms with Crippen LogP contribution in [0.3, 0.4) is 0 Å². The summed E-state index contributed by atoms with van der Waals surface area (Å²) in [7, 11) is 2.16. The number of rotatable bonds is 2. The van der Waals surface area contributed by atoms with Gasteiger partial charge >= 0.3 is 5.97 Å². The normalized spacial score (nSPS) is 36.9. The summed E-state index contributed by atoms with van der Waals surface area (Å²) in [5.74, 6) is -0.633. The van der Waals surface area contributed by atoms with Crippen LogP contribution in [0.15, 0.2) is 0 Å². The van der Waals surface area contributed by atoms with E-state index in [1.54, 1.807) is 0 Å². The van der Waals surface area contributed by atoms with Gasteiger partial charge in [-0.15, -0.1) is 0 Å². The molecular formula is C13H24N2O2. The lowest BCUT2D eigenvalue weighted by atomic mass is 9.81. The van der Waals surface area contributed by atoms with E-state index in [4.69, 9.17) is 0 Å². The molecule has 1 N–H and O–H groups in total. The third kappa shape index (κ3) is 2.80. The van der Waals surface area contributed by atoms with Crippen molar-refractivity contribution in [3.8, 4) is 0 Å². The Hall–Kier alpha value is -0.610. The molecule has 2 rings (SSSR count). The van der Waals surface area contributed by atoms with Crippen molar-refractivity contribution in [3.63, 3.8) is 0 Å². The molecule has 0 aromatic heterocycles. The minimum Gasteiger partial charge on any atom is -0.481 e. The SMILES string of the molecule is CN1CCCC(N2CCCC(C)(C(=O)O)C2)C1. The lowest BCUT2D eigenvalue weighted by Crippen LogP contribution is -2.54. The molecule has 98 valence electrons. The van der Waals surface area contributed by atoms with E-state index in [1.165, 1.54) is 19.4 Å². The largest absolute Gasteiger partial charge is 0.481 e. The summed E-state index contributed by atoms with van der Waals surface area (Å²) in [6.45, 7) is 5.96. The summed E-state index contributed by atoms with van der Waals surface area (Å²) in [5.41, 5.74) is -0.533. The number of nitrogens with zero attached hydrogens (tertiary/aromatic N) is 2. The third-order valence-corrected chi connectivity index (χ3v) is 4.36. The van der Waals surface area contributed by atoms with Crippen LogP contribution in [-0.2, 0) is 4.79 Å². The molecule has 2 aliphatic heterocycles. The van der Waals surface area contributed by atoms with E-state index >= 15 is 0 Å². The highest BCUT2D eigenvalue weighted by atomic mass is 16.4. The van der Waals surface area contributed by atoms with Gasteiger partial charge < -0.3 is 10.0 Å². The average Bonchev–Trinajstić information content (AvgIpc) is 2.29. The van der Waals surface area contributed by atoms with Crippen LogP contribution in [0, 0.1) is 5.41 Å². The van der Waals surface area contributed by atoms with Crippen LogP contribution in [0.5, 0.6) is 0 Å². The standard InChI is InChI=1S/C13H24N2O2/c1-13(12(16)17)6-4-8-15(10-13)11-5-3-7-14(2)9-11/h11H,3-10H2,1-2H3,(H,16,17). The number of carbonyl (C=O) groups is 1. The number of hydrogen-bond donors (Lipinski definition) is 1. The van der Waals surface area contributed by atoms with E-state index in [2.05, 4.69) is 16.8 Å². The van der Waals surface area contributed by atoms with Gasteiger partial charge in [0.1, 0.15) is 0 Å². The number of carboxylic acid groups (broad SMARTS) is 1. The van der Waals surface area contributed by atoms with Crippen molar-refractivity contribution in [2.75, 3.05) is 33.2 Å². The van der Waals surface area contributed by atoms with Gasteiger partial charge in [-0.25, -0.2) is 0 Å². The molecule has 0 aliphatic carbocycles. The van der Waals surface area contributed by atoms with E-state index in [0.717, 1.165) is 32.5 Å². The topological polar surface area (TPSA) is 43.8 Å². The molecule has 4 heteroatoms. The Morgan fingerprint density at radius 1 is 1.35 bits per heavy atom. The second-order valence-electron chi connectivity index (χ2n) is 6.00. The fourth-order valence-electron chi connectivity index (χ4n) is 3.20. The first-order valence-corrected chi connectivity index (χ1v) is 6.67. The minimum atomic E-state index is -0.633. The second-order valence-corrected chi connectivity index (χ2v) is 6.00. The van der Waals surface area contributed by atoms with E-state index < -0.39 is 11.4 Å². The van der Waals surface area contributed by atoms with Crippen molar-refractivity contribution < 1.29 is 9.90 Å². The smallest absolute Gasteiger partial charge is 0.310 e. The Morgan fingerprint density at radius 2 is 2.12 bits per heavy atom. The number of likely N-dealkylation sites (N-methyl/N-ethyl adjacent to an activating group) is 1. The Bertz CT molecular complexity index is 295. The monoisotopic (exact) mass is 240 g/mol. The molecule has 2 atom stereocenters. The fourth-order valence-corrected chi connectivity index (χ4v) is 3.20. The first-order valence-electron chi connectivity index (χ1n) is 6.67. The summed E-state index contributed by atoms with van der Waals surface area (Å²) >= 11 is 0. The molecule has 0 saturated carbocycles. The summed E-state index contributed by atoms with van der Waals surface area (Å²) in [4.78, 5) is 16.1. The van der Waals surface area contributed by atoms with Gasteiger partial charge in [0, 0.05) is 19.1 Å². The molecule has 2 saturated heterocycles. The van der Waals surface area contributed by atoms with Gasteiger partial charge in [0.05, 0.1) is 5.41 Å². The molecule has 2 heterocycles. The highest BCUT2D eigenvalue weighted by molar-refractivity contribution is 5.74. The van der Waals surface area contributed by atoms with Gasteiger partial charge in [-0.2, -0.15) is 0 Å². The zero-order chi connectivity index (χ0) is 12.5. The lowest BCUT2D eigenvalue weighted by molar-refractivity contribution is -0.152. The zero-order valence-corrected chi connectivity index (χ0v) is 11.0. The Morgan fingerprint density at radius 3 is 2.76 bits per heavy atom. The van der Waals surface area contributed by atoms with Crippen LogP contribution < -0.4 is 0 Å². The number of hydrogen-bond acceptors (Lipinski definition) is 3. The highest BCUT2D eigenvalue weighted by Gasteiger charge is 2.40. The fraction of sp³-hybridized carbons (Fsp3) is 0.923. The molecule has 4 nitrogen and oxygen atoms in total. The molecule has 0 aromatic rings. The van der Waals surface area contributed by atoms with Crippen molar-refractivity contribution in [1.29, 1.82) is 0 Å². The summed E-state index contributed by atoms with van der Waals surface area (Å²) in [6, 6.07) is 0.563. The van der Waals surface area contributed by atoms with E-state index in [-0.39, 0.29) is 0 Å². The van der Waals surface area contributed by atoms with Gasteiger partial charge in [-0.1, -0.05) is 0 Å². The quantitative estimate of drug-likeness (QED) is 0.789. The van der Waals surface area contributed by atoms with E-state index in [0.29, 0.717) is 6.04 Å². The Labute approximate surface area is 104 Å². The summed E-state index contributed by atoms with van der Waals surface area (Å²) < 4.78 is 0. The zero-order valence-electron chi connectivity index (χ0n) is 11.0. The third-order valence-electron chi connectivity index (χ3n) is 4.36. The highest BCUT2D eigenvalue weighted by Crippen LogP contribution is 2.32. The van der Waals surface area contributed by atoms with Crippen molar-refractivity contribution in [3.05, 3.63) is 0 Å². The van der Waals surface area contributed by atoms with Gasteiger partial charge in [-0.3, -0.25) is 9.69 Å². The Balaban J connectivity index is 1.99. The van der Waals surface area contributed by atoms with Crippen molar-refractivity contribution in [2.24, 2.45) is 5.41 Å². The number of likely N-dealkylation sites (tertiary alicyclic amines) is 2. The predicted molar refractivity (Wildman–Crippen MR) is 67.1 cm³/mol. The molecule has 2 fully saturated rings. The van der Waals surface area contributed by atoms with Crippen LogP contribution in [-0.4, -0.2) is 60.1 Å². The van der Waals surface area contributed by atoms with Crippen LogP contribution in [0.2, 0.25) is 0 Å². The first-order chi connectivity index (χ1) is 8.01. The molecular weight excluding hydrogens is 216 g/mol. The molecule has 0 radical (unpaired) electrons. The second kappa shape index (κ2) is 4.94. The van der Waals surface area contributed by atoms with Crippen molar-refractivity contribution in [2.45, 2.75) is 38.6 Å². The number of aliphatic carboxylic acids is 1. The number of piperidine rings is 2. The van der Waals surface area contributed by atoms with Crippen LogP contribution in [0.4, 0.5) is 0 Å². The molecule has 0 spiro atoms. The van der Waals surface area contributed by atoms with Crippen molar-refractivity contribution in [1.82, 2.24) is 9.80 Å². The maximum absolute atomic E-state index is 11.3. The summed E-state index contributed by atoms with van der Waals surface area (Å²) in [5, 5.41) is 9.33. The first kappa shape index (κ1) is 12.8. The molecule has 2 aliphatic rings. The molecule has 0 bridgehead atoms. The van der Waals surface area contributed by atoms with Crippen LogP contribution in [0.25, 0.3) is 0 Å². The maximum Gasteiger partial charge on any atom is 0.310 e. The van der Waals surface area contributed by atoms with Crippen molar-refractivity contribution >= 4 is 5.97 Å². The molecule has 0 aromatic carbocycles. The maximum atomic E-state index is 11.3. The minimum absolute atomic E-state index is 0.533. The summed E-state index contributed by atoms with van der Waals surface area (Å²) in [6.07, 6.45) is 4.30.